The van der Waals surface area contributed by atoms with Gasteiger partial charge >= 0.3 is 5.97 Å². The fourth-order valence-corrected chi connectivity index (χ4v) is 2.72. The molecule has 30 heavy (non-hydrogen) atoms. The molecule has 1 N–H and O–H groups in total. The van der Waals surface area contributed by atoms with Crippen molar-refractivity contribution in [3.05, 3.63) is 59.2 Å². The Morgan fingerprint density at radius 3 is 2.17 bits per heavy atom. The van der Waals surface area contributed by atoms with Crippen molar-refractivity contribution >= 4 is 23.5 Å². The highest BCUT2D eigenvalue weighted by molar-refractivity contribution is 5.96. The van der Waals surface area contributed by atoms with Gasteiger partial charge in [-0.2, -0.15) is 0 Å². The smallest absolute Gasteiger partial charge is 0.344 e. The van der Waals surface area contributed by atoms with Crippen molar-refractivity contribution < 1.29 is 23.9 Å². The maximum absolute atomic E-state index is 12.3. The van der Waals surface area contributed by atoms with Gasteiger partial charge in [0.25, 0.3) is 11.8 Å². The van der Waals surface area contributed by atoms with Gasteiger partial charge in [0, 0.05) is 24.3 Å². The topological polar surface area (TPSA) is 84.9 Å². The Balaban J connectivity index is 1.77. The number of rotatable bonds is 9. The Morgan fingerprint density at radius 1 is 0.900 bits per heavy atom. The van der Waals surface area contributed by atoms with Crippen molar-refractivity contribution in [2.24, 2.45) is 0 Å². The molecule has 2 rings (SSSR count). The van der Waals surface area contributed by atoms with Gasteiger partial charge in [0.05, 0.1) is 0 Å². The minimum atomic E-state index is -0.636. The molecule has 0 heterocycles. The lowest BCUT2D eigenvalue weighted by atomic mass is 10.1. The van der Waals surface area contributed by atoms with E-state index in [-0.39, 0.29) is 12.5 Å². The summed E-state index contributed by atoms with van der Waals surface area (Å²) in [4.78, 5) is 37.8. The van der Waals surface area contributed by atoms with Gasteiger partial charge in [-0.1, -0.05) is 6.07 Å². The summed E-state index contributed by atoms with van der Waals surface area (Å²) in [6, 6.07) is 12.1. The number of esters is 1. The van der Waals surface area contributed by atoms with E-state index in [1.165, 1.54) is 0 Å². The van der Waals surface area contributed by atoms with Crippen molar-refractivity contribution in [1.29, 1.82) is 0 Å². The third-order valence-corrected chi connectivity index (χ3v) is 4.67. The number of hydrogen-bond donors (Lipinski definition) is 1. The zero-order chi connectivity index (χ0) is 22.1. The van der Waals surface area contributed by atoms with E-state index in [4.69, 9.17) is 9.47 Å². The second-order valence-corrected chi connectivity index (χ2v) is 6.80. The van der Waals surface area contributed by atoms with Crippen molar-refractivity contribution in [1.82, 2.24) is 4.90 Å². The number of benzene rings is 2. The molecule has 0 spiro atoms. The first-order valence-electron chi connectivity index (χ1n) is 9.88. The van der Waals surface area contributed by atoms with Gasteiger partial charge in [0.1, 0.15) is 5.75 Å². The molecule has 0 aliphatic rings. The number of hydrogen-bond acceptors (Lipinski definition) is 5. The van der Waals surface area contributed by atoms with Crippen molar-refractivity contribution in [2.45, 2.75) is 27.7 Å². The first kappa shape index (κ1) is 22.9. The van der Waals surface area contributed by atoms with Gasteiger partial charge in [-0.15, -0.1) is 0 Å². The Kier molecular flexibility index (Phi) is 8.41. The Bertz CT molecular complexity index is 889. The van der Waals surface area contributed by atoms with Crippen LogP contribution in [0.4, 0.5) is 5.69 Å². The summed E-state index contributed by atoms with van der Waals surface area (Å²) in [5.41, 5.74) is 3.25. The molecule has 0 aliphatic heterocycles. The van der Waals surface area contributed by atoms with Gasteiger partial charge in [-0.25, -0.2) is 4.79 Å². The fraction of sp³-hybridized carbons (Fsp3) is 0.348. The molecule has 160 valence electrons. The number of carbonyl (C=O) groups is 3. The zero-order valence-corrected chi connectivity index (χ0v) is 17.9. The predicted octanol–water partition coefficient (Wildman–Crippen LogP) is 3.35. The number of amides is 2. The molecule has 0 bridgehead atoms. The average molecular weight is 412 g/mol. The molecule has 0 saturated carbocycles. The second kappa shape index (κ2) is 11.0. The lowest BCUT2D eigenvalue weighted by Crippen LogP contribution is -2.30. The molecule has 7 heteroatoms. The van der Waals surface area contributed by atoms with E-state index in [2.05, 4.69) is 5.32 Å². The van der Waals surface area contributed by atoms with Crippen LogP contribution in [0.25, 0.3) is 0 Å². The maximum atomic E-state index is 12.3. The zero-order valence-electron chi connectivity index (χ0n) is 17.9. The lowest BCUT2D eigenvalue weighted by Gasteiger charge is -2.18. The highest BCUT2D eigenvalue weighted by Gasteiger charge is 2.13. The molecular weight excluding hydrogens is 384 g/mol. The summed E-state index contributed by atoms with van der Waals surface area (Å²) in [7, 11) is 0. The molecule has 7 nitrogen and oxygen atoms in total. The molecule has 0 saturated heterocycles. The van der Waals surface area contributed by atoms with E-state index in [1.807, 2.05) is 39.8 Å². The molecular formula is C23H28N2O5. The van der Waals surface area contributed by atoms with E-state index >= 15 is 0 Å². The highest BCUT2D eigenvalue weighted by atomic mass is 16.6. The largest absolute Gasteiger partial charge is 0.482 e. The lowest BCUT2D eigenvalue weighted by molar-refractivity contribution is -0.149. The van der Waals surface area contributed by atoms with Crippen LogP contribution in [0.3, 0.4) is 0 Å². The van der Waals surface area contributed by atoms with Crippen LogP contribution >= 0.6 is 0 Å². The van der Waals surface area contributed by atoms with E-state index in [0.717, 1.165) is 11.1 Å². The van der Waals surface area contributed by atoms with Crippen LogP contribution in [-0.2, 0) is 14.3 Å². The number of aryl methyl sites for hydroxylation is 2. The summed E-state index contributed by atoms with van der Waals surface area (Å²) in [5, 5.41) is 2.63. The predicted molar refractivity (Wildman–Crippen MR) is 115 cm³/mol. The minimum absolute atomic E-state index is 0.0597. The monoisotopic (exact) mass is 412 g/mol. The van der Waals surface area contributed by atoms with Crippen molar-refractivity contribution in [2.75, 3.05) is 31.6 Å². The number of nitrogens with zero attached hydrogens (tertiary/aromatic N) is 1. The number of nitrogens with one attached hydrogen (secondary N) is 1. The van der Waals surface area contributed by atoms with Gasteiger partial charge in [-0.3, -0.25) is 9.59 Å². The Hall–Kier alpha value is -3.35. The maximum Gasteiger partial charge on any atom is 0.344 e. The SMILES string of the molecule is CCN(CC)C(=O)c1ccc(NC(=O)COC(=O)COc2ccc(C)c(C)c2)cc1. The first-order chi connectivity index (χ1) is 14.3. The van der Waals surface area contributed by atoms with Crippen LogP contribution in [0.2, 0.25) is 0 Å². The normalized spacial score (nSPS) is 10.3. The van der Waals surface area contributed by atoms with Crippen LogP contribution in [0.15, 0.2) is 42.5 Å². The standard InChI is InChI=1S/C23H28N2O5/c1-5-25(6-2)23(28)18-8-10-19(11-9-18)24-21(26)14-30-22(27)15-29-20-12-7-16(3)17(4)13-20/h7-13H,5-6,14-15H2,1-4H3,(H,24,26). The van der Waals surface area contributed by atoms with Gasteiger partial charge in [0.2, 0.25) is 0 Å². The summed E-state index contributed by atoms with van der Waals surface area (Å²) in [5.74, 6) is -0.602. The van der Waals surface area contributed by atoms with E-state index in [9.17, 15) is 14.4 Å². The molecule has 0 radical (unpaired) electrons. The van der Waals surface area contributed by atoms with Crippen molar-refractivity contribution in [3.63, 3.8) is 0 Å². The van der Waals surface area contributed by atoms with E-state index in [1.54, 1.807) is 35.2 Å². The first-order valence-corrected chi connectivity index (χ1v) is 9.88. The Morgan fingerprint density at radius 2 is 1.57 bits per heavy atom. The van der Waals surface area contributed by atoms with Gasteiger partial charge in [-0.05, 0) is 75.2 Å². The van der Waals surface area contributed by atoms with E-state index < -0.39 is 18.5 Å². The summed E-state index contributed by atoms with van der Waals surface area (Å²) >= 11 is 0. The molecule has 2 aromatic carbocycles. The summed E-state index contributed by atoms with van der Waals surface area (Å²) in [6.45, 7) is 8.35. The van der Waals surface area contributed by atoms with Crippen LogP contribution in [0.5, 0.6) is 5.75 Å². The fourth-order valence-electron chi connectivity index (χ4n) is 2.72. The van der Waals surface area contributed by atoms with E-state index in [0.29, 0.717) is 30.1 Å². The van der Waals surface area contributed by atoms with Crippen LogP contribution < -0.4 is 10.1 Å². The molecule has 2 aromatic rings. The molecule has 0 fully saturated rings. The summed E-state index contributed by atoms with van der Waals surface area (Å²) in [6.07, 6.45) is 0. The van der Waals surface area contributed by atoms with Crippen LogP contribution in [0.1, 0.15) is 35.3 Å². The second-order valence-electron chi connectivity index (χ2n) is 6.80. The molecule has 0 atom stereocenters. The summed E-state index contributed by atoms with van der Waals surface area (Å²) < 4.78 is 10.3. The quantitative estimate of drug-likeness (QED) is 0.639. The highest BCUT2D eigenvalue weighted by Crippen LogP contribution is 2.16. The number of carbonyl (C=O) groups excluding carboxylic acids is 3. The van der Waals surface area contributed by atoms with Gasteiger partial charge in [0.15, 0.2) is 13.2 Å². The molecule has 0 aromatic heterocycles. The molecule has 0 unspecified atom stereocenters. The molecule has 0 aliphatic carbocycles. The van der Waals surface area contributed by atoms with Crippen molar-refractivity contribution in [3.8, 4) is 5.75 Å². The van der Waals surface area contributed by atoms with Crippen LogP contribution in [0, 0.1) is 13.8 Å². The number of ether oxygens (including phenoxy) is 2. The third-order valence-electron chi connectivity index (χ3n) is 4.67. The van der Waals surface area contributed by atoms with Crippen LogP contribution in [-0.4, -0.2) is 49.0 Å². The number of anilines is 1. The minimum Gasteiger partial charge on any atom is -0.482 e. The average Bonchev–Trinajstić information content (AvgIpc) is 2.74. The van der Waals surface area contributed by atoms with Gasteiger partial charge < -0.3 is 19.7 Å². The molecule has 2 amide bonds. The Labute approximate surface area is 177 Å². The third kappa shape index (κ3) is 6.62.